The number of thiophene rings is 1. The van der Waals surface area contributed by atoms with Crippen molar-refractivity contribution >= 4 is 54.1 Å². The van der Waals surface area contributed by atoms with Gasteiger partial charge in [-0.1, -0.05) is 0 Å². The third-order valence-electron chi connectivity index (χ3n) is 0.643. The molecule has 0 N–H and O–H groups in total. The number of halogens is 1. The first-order valence-corrected chi connectivity index (χ1v) is 6.52. The van der Waals surface area contributed by atoms with Gasteiger partial charge in [0, 0.05) is 21.2 Å². The maximum absolute atomic E-state index is 4.16. The molecule has 1 heterocycles. The molecular formula is C4H3IS3. The van der Waals surface area contributed by atoms with Crippen molar-refractivity contribution in [1.82, 2.24) is 0 Å². The highest BCUT2D eigenvalue weighted by atomic mass is 127. The predicted octanol–water partition coefficient (Wildman–Crippen LogP) is 3.48. The predicted molar refractivity (Wildman–Crippen MR) is 51.4 cm³/mol. The van der Waals surface area contributed by atoms with Crippen LogP contribution in [0.5, 0.6) is 0 Å². The summed E-state index contributed by atoms with van der Waals surface area (Å²) >= 11 is 8.13. The van der Waals surface area contributed by atoms with E-state index in [-0.39, 0.29) is 0 Å². The van der Waals surface area contributed by atoms with Gasteiger partial charge in [-0.3, -0.25) is 0 Å². The normalized spacial score (nSPS) is 9.75. The molecule has 0 aliphatic rings. The van der Waals surface area contributed by atoms with Gasteiger partial charge < -0.3 is 0 Å². The molecule has 0 radical (unpaired) electrons. The molecule has 0 unspecified atom stereocenters. The van der Waals surface area contributed by atoms with Gasteiger partial charge in [0.05, 0.1) is 8.42 Å². The molecule has 0 bridgehead atoms. The topological polar surface area (TPSA) is 0 Å². The zero-order valence-corrected chi connectivity index (χ0v) is 8.48. The van der Waals surface area contributed by atoms with E-state index in [1.54, 1.807) is 20.3 Å². The summed E-state index contributed by atoms with van der Waals surface area (Å²) in [6.07, 6.45) is 0. The van der Waals surface area contributed by atoms with Crippen LogP contribution in [-0.4, -0.2) is 0 Å². The Balaban J connectivity index is 2.84. The fourth-order valence-corrected chi connectivity index (χ4v) is 3.15. The molecule has 8 heavy (non-hydrogen) atoms. The summed E-state index contributed by atoms with van der Waals surface area (Å²) in [6, 6.07) is 4.08. The molecule has 4 heteroatoms. The zero-order valence-electron chi connectivity index (χ0n) is 3.80. The number of hydrogen-bond donors (Lipinski definition) is 1. The Hall–Kier alpha value is 1.13. The van der Waals surface area contributed by atoms with E-state index < -0.39 is 0 Å². The van der Waals surface area contributed by atoms with Crippen molar-refractivity contribution in [3.05, 3.63) is 12.1 Å². The van der Waals surface area contributed by atoms with E-state index in [1.165, 1.54) is 4.21 Å². The molecule has 0 nitrogen and oxygen atoms in total. The Kier molecular flexibility index (Phi) is 3.02. The molecule has 0 aromatic carbocycles. The maximum atomic E-state index is 4.16. The molecule has 1 aromatic rings. The number of thiol groups is 1. The molecule has 0 saturated carbocycles. The van der Waals surface area contributed by atoms with Gasteiger partial charge in [0.15, 0.2) is 0 Å². The number of rotatable bonds is 1. The molecule has 0 aliphatic heterocycles. The fourth-order valence-electron chi connectivity index (χ4n) is 0.352. The van der Waals surface area contributed by atoms with Crippen LogP contribution < -0.4 is 0 Å². The first-order chi connectivity index (χ1) is 3.83. The Morgan fingerprint density at radius 3 is 2.62 bits per heavy atom. The Bertz CT molecular complexity index is 172. The molecular weight excluding hydrogens is 271 g/mol. The molecule has 0 aliphatic carbocycles. The highest BCUT2D eigenvalue weighted by Crippen LogP contribution is 2.33. The van der Waals surface area contributed by atoms with Crippen LogP contribution >= 0.6 is 54.1 Å². The molecule has 1 rings (SSSR count). The molecule has 0 amide bonds. The lowest BCUT2D eigenvalue weighted by Crippen LogP contribution is -1.38. The van der Waals surface area contributed by atoms with E-state index in [4.69, 9.17) is 0 Å². The standard InChI is InChI=1S/C4H3IS3/c5-8-4-2-1-3(6)7-4/h1-2,6H. The molecule has 1 aromatic heterocycles. The summed E-state index contributed by atoms with van der Waals surface area (Å²) in [5.41, 5.74) is 0. The van der Waals surface area contributed by atoms with Gasteiger partial charge in [-0.2, -0.15) is 0 Å². The van der Waals surface area contributed by atoms with Crippen molar-refractivity contribution < 1.29 is 0 Å². The van der Waals surface area contributed by atoms with E-state index in [0.29, 0.717) is 0 Å². The second-order valence-corrected chi connectivity index (χ2v) is 5.21. The van der Waals surface area contributed by atoms with E-state index in [1.807, 2.05) is 6.07 Å². The molecule has 0 fully saturated rings. The highest BCUT2D eigenvalue weighted by Gasteiger charge is 1.92. The summed E-state index contributed by atoms with van der Waals surface area (Å²) < 4.78 is 2.40. The average Bonchev–Trinajstić information content (AvgIpc) is 2.14. The minimum absolute atomic E-state index is 1.09. The van der Waals surface area contributed by atoms with Crippen molar-refractivity contribution in [2.45, 2.75) is 8.42 Å². The Morgan fingerprint density at radius 2 is 2.38 bits per heavy atom. The van der Waals surface area contributed by atoms with E-state index in [2.05, 4.69) is 39.9 Å². The van der Waals surface area contributed by atoms with Crippen molar-refractivity contribution in [2.75, 3.05) is 0 Å². The summed E-state index contributed by atoms with van der Waals surface area (Å²) in [5.74, 6) is 0. The van der Waals surface area contributed by atoms with Gasteiger partial charge in [-0.05, 0) is 21.1 Å². The van der Waals surface area contributed by atoms with E-state index >= 15 is 0 Å². The third kappa shape index (κ3) is 1.82. The SMILES string of the molecule is Sc1ccc(SI)s1. The van der Waals surface area contributed by atoms with Crippen molar-refractivity contribution in [1.29, 1.82) is 0 Å². The molecule has 0 saturated heterocycles. The second kappa shape index (κ2) is 3.34. The van der Waals surface area contributed by atoms with Crippen LogP contribution in [-0.2, 0) is 0 Å². The lowest BCUT2D eigenvalue weighted by Gasteiger charge is -1.77. The van der Waals surface area contributed by atoms with E-state index in [9.17, 15) is 0 Å². The minimum atomic E-state index is 1.09. The first kappa shape index (κ1) is 7.24. The largest absolute Gasteiger partial charge is 0.133 e. The summed E-state index contributed by atoms with van der Waals surface area (Å²) in [7, 11) is 1.73. The van der Waals surface area contributed by atoms with Crippen molar-refractivity contribution in [3.8, 4) is 0 Å². The van der Waals surface area contributed by atoms with Crippen LogP contribution in [0.25, 0.3) is 0 Å². The van der Waals surface area contributed by atoms with Crippen LogP contribution in [0.3, 0.4) is 0 Å². The third-order valence-corrected chi connectivity index (χ3v) is 4.86. The monoisotopic (exact) mass is 274 g/mol. The Morgan fingerprint density at radius 1 is 1.62 bits per heavy atom. The van der Waals surface area contributed by atoms with Gasteiger partial charge in [0.1, 0.15) is 0 Å². The maximum Gasteiger partial charge on any atom is 0.0714 e. The van der Waals surface area contributed by atoms with Crippen LogP contribution in [0.15, 0.2) is 20.6 Å². The first-order valence-electron chi connectivity index (χ1n) is 1.90. The lowest BCUT2D eigenvalue weighted by atomic mass is 10.7. The molecule has 44 valence electrons. The summed E-state index contributed by atoms with van der Waals surface area (Å²) in [6.45, 7) is 0. The molecule has 0 atom stereocenters. The van der Waals surface area contributed by atoms with Gasteiger partial charge in [-0.15, -0.1) is 24.0 Å². The quantitative estimate of drug-likeness (QED) is 0.604. The summed E-state index contributed by atoms with van der Waals surface area (Å²) in [4.78, 5) is 0. The van der Waals surface area contributed by atoms with Crippen LogP contribution in [0.1, 0.15) is 0 Å². The number of hydrogen-bond acceptors (Lipinski definition) is 3. The van der Waals surface area contributed by atoms with Gasteiger partial charge in [0.2, 0.25) is 0 Å². The van der Waals surface area contributed by atoms with Gasteiger partial charge in [0.25, 0.3) is 0 Å². The smallest absolute Gasteiger partial charge is 0.0714 e. The zero-order chi connectivity index (χ0) is 5.98. The average molecular weight is 274 g/mol. The van der Waals surface area contributed by atoms with Crippen molar-refractivity contribution in [3.63, 3.8) is 0 Å². The fraction of sp³-hybridized carbons (Fsp3) is 0. The highest BCUT2D eigenvalue weighted by molar-refractivity contribution is 14.2. The molecule has 0 spiro atoms. The Labute approximate surface area is 74.1 Å². The van der Waals surface area contributed by atoms with E-state index in [0.717, 1.165) is 4.21 Å². The lowest BCUT2D eigenvalue weighted by molar-refractivity contribution is 1.70. The van der Waals surface area contributed by atoms with Crippen LogP contribution in [0.2, 0.25) is 0 Å². The van der Waals surface area contributed by atoms with Gasteiger partial charge in [-0.25, -0.2) is 0 Å². The van der Waals surface area contributed by atoms with Crippen molar-refractivity contribution in [2.24, 2.45) is 0 Å². The minimum Gasteiger partial charge on any atom is -0.133 e. The summed E-state index contributed by atoms with van der Waals surface area (Å²) in [5, 5.41) is 0. The van der Waals surface area contributed by atoms with Gasteiger partial charge >= 0.3 is 0 Å². The van der Waals surface area contributed by atoms with Crippen LogP contribution in [0, 0.1) is 0 Å². The van der Waals surface area contributed by atoms with Crippen LogP contribution in [0.4, 0.5) is 0 Å². The second-order valence-electron chi connectivity index (χ2n) is 1.17.